The highest BCUT2D eigenvalue weighted by molar-refractivity contribution is 7.92. The van der Waals surface area contributed by atoms with Crippen molar-refractivity contribution in [2.45, 2.75) is 103 Å². The van der Waals surface area contributed by atoms with E-state index in [0.717, 1.165) is 41.6 Å². The summed E-state index contributed by atoms with van der Waals surface area (Å²) in [5.74, 6) is 1.84. The van der Waals surface area contributed by atoms with E-state index in [4.69, 9.17) is 0 Å². The maximum atomic E-state index is 14.0. The third-order valence-corrected chi connectivity index (χ3v) is 11.5. The molecule has 4 fully saturated rings. The van der Waals surface area contributed by atoms with Gasteiger partial charge in [-0.25, -0.2) is 8.42 Å². The van der Waals surface area contributed by atoms with Crippen molar-refractivity contribution in [1.82, 2.24) is 10.2 Å². The Kier molecular flexibility index (Phi) is 9.26. The van der Waals surface area contributed by atoms with Crippen LogP contribution in [0.2, 0.25) is 0 Å². The van der Waals surface area contributed by atoms with Gasteiger partial charge in [-0.2, -0.15) is 0 Å². The number of benzene rings is 2. The van der Waals surface area contributed by atoms with Crippen LogP contribution < -0.4 is 9.62 Å². The van der Waals surface area contributed by atoms with E-state index in [-0.39, 0.29) is 30.5 Å². The molecule has 4 bridgehead atoms. The largest absolute Gasteiger partial charge is 0.352 e. The van der Waals surface area contributed by atoms with Gasteiger partial charge in [-0.1, -0.05) is 55.8 Å². The highest BCUT2D eigenvalue weighted by atomic mass is 32.2. The van der Waals surface area contributed by atoms with Crippen LogP contribution in [0.15, 0.2) is 48.5 Å². The third-order valence-electron chi connectivity index (χ3n) is 10.3. The molecule has 2 aromatic carbocycles. The van der Waals surface area contributed by atoms with Gasteiger partial charge in [-0.3, -0.25) is 13.9 Å². The molecule has 43 heavy (non-hydrogen) atoms. The van der Waals surface area contributed by atoms with Crippen LogP contribution in [0.5, 0.6) is 0 Å². The molecule has 2 amide bonds. The third kappa shape index (κ3) is 6.95. The van der Waals surface area contributed by atoms with Gasteiger partial charge in [0.15, 0.2) is 0 Å². The molecule has 0 heterocycles. The van der Waals surface area contributed by atoms with Gasteiger partial charge in [0.05, 0.1) is 11.9 Å². The van der Waals surface area contributed by atoms with Crippen molar-refractivity contribution in [3.05, 3.63) is 65.2 Å². The normalized spacial score (nSPS) is 25.7. The number of hydrogen-bond donors (Lipinski definition) is 1. The van der Waals surface area contributed by atoms with Crippen molar-refractivity contribution in [3.8, 4) is 0 Å². The zero-order valence-corrected chi connectivity index (χ0v) is 27.3. The number of aryl methyl sites for hydroxylation is 1. The number of carbonyl (C=O) groups is 2. The molecule has 0 spiro atoms. The molecule has 8 heteroatoms. The fourth-order valence-electron chi connectivity index (χ4n) is 8.31. The van der Waals surface area contributed by atoms with Crippen LogP contribution in [-0.4, -0.2) is 50.0 Å². The lowest BCUT2D eigenvalue weighted by Gasteiger charge is -2.57. The van der Waals surface area contributed by atoms with Gasteiger partial charge < -0.3 is 10.2 Å². The standard InChI is InChI=1S/C35H49N3O4S/c1-6-25(4)36-34(40)32(7-2)37(22-26-10-8-24(3)9-11-26)33(39)23-38(43(5,41)42)31-14-12-30(13-15-31)35-19-27-16-28(20-35)18-29(17-27)21-35/h8-15,25,27-29,32H,6-7,16-23H2,1-5H3,(H,36,40)/t25-,27?,28?,29?,32+,35?/m0/s1. The predicted octanol–water partition coefficient (Wildman–Crippen LogP) is 5.95. The molecular weight excluding hydrogens is 558 g/mol. The average Bonchev–Trinajstić information content (AvgIpc) is 2.95. The Morgan fingerprint density at radius 1 is 0.907 bits per heavy atom. The smallest absolute Gasteiger partial charge is 0.244 e. The minimum absolute atomic E-state index is 0.0297. The summed E-state index contributed by atoms with van der Waals surface area (Å²) in [5.41, 5.74) is 3.99. The van der Waals surface area contributed by atoms with Crippen molar-refractivity contribution in [3.63, 3.8) is 0 Å². The van der Waals surface area contributed by atoms with E-state index in [9.17, 15) is 18.0 Å². The zero-order valence-electron chi connectivity index (χ0n) is 26.5. The molecule has 2 atom stereocenters. The lowest BCUT2D eigenvalue weighted by molar-refractivity contribution is -0.140. The summed E-state index contributed by atoms with van der Waals surface area (Å²) in [4.78, 5) is 28.9. The minimum Gasteiger partial charge on any atom is -0.352 e. The van der Waals surface area contributed by atoms with Gasteiger partial charge in [0.2, 0.25) is 21.8 Å². The second-order valence-electron chi connectivity index (χ2n) is 13.8. The van der Waals surface area contributed by atoms with Crippen molar-refractivity contribution in [2.75, 3.05) is 17.1 Å². The van der Waals surface area contributed by atoms with Gasteiger partial charge >= 0.3 is 0 Å². The van der Waals surface area contributed by atoms with Gasteiger partial charge in [-0.15, -0.1) is 0 Å². The number of anilines is 1. The Bertz CT molecular complexity index is 1370. The van der Waals surface area contributed by atoms with Gasteiger partial charge in [0, 0.05) is 12.6 Å². The first-order valence-electron chi connectivity index (χ1n) is 16.1. The molecule has 4 saturated carbocycles. The number of sulfonamides is 1. The molecule has 1 N–H and O–H groups in total. The molecule has 0 saturated heterocycles. The van der Waals surface area contributed by atoms with E-state index in [1.165, 1.54) is 48.4 Å². The molecule has 234 valence electrons. The second kappa shape index (κ2) is 12.6. The minimum atomic E-state index is -3.77. The molecule has 0 aliphatic heterocycles. The van der Waals surface area contributed by atoms with Crippen LogP contribution in [0, 0.1) is 24.7 Å². The first-order valence-corrected chi connectivity index (χ1v) is 18.0. The van der Waals surface area contributed by atoms with Gasteiger partial charge in [0.25, 0.3) is 0 Å². The summed E-state index contributed by atoms with van der Waals surface area (Å²) < 4.78 is 27.4. The molecule has 4 aliphatic carbocycles. The highest BCUT2D eigenvalue weighted by Crippen LogP contribution is 2.60. The molecule has 4 aliphatic rings. The molecule has 0 unspecified atom stereocenters. The van der Waals surface area contributed by atoms with Gasteiger partial charge in [0.1, 0.15) is 12.6 Å². The van der Waals surface area contributed by atoms with Crippen LogP contribution in [0.3, 0.4) is 0 Å². The fourth-order valence-corrected chi connectivity index (χ4v) is 9.16. The molecule has 2 aromatic rings. The van der Waals surface area contributed by atoms with Gasteiger partial charge in [-0.05, 0) is 112 Å². The van der Waals surface area contributed by atoms with E-state index in [1.54, 1.807) is 4.90 Å². The maximum Gasteiger partial charge on any atom is 0.244 e. The Morgan fingerprint density at radius 2 is 1.47 bits per heavy atom. The molecule has 0 aromatic heterocycles. The maximum absolute atomic E-state index is 14.0. The fraction of sp³-hybridized carbons (Fsp3) is 0.600. The topological polar surface area (TPSA) is 86.8 Å². The highest BCUT2D eigenvalue weighted by Gasteiger charge is 2.51. The van der Waals surface area contributed by atoms with Crippen molar-refractivity contribution >= 4 is 27.5 Å². The first-order chi connectivity index (χ1) is 20.4. The average molecular weight is 608 g/mol. The van der Waals surface area contributed by atoms with Crippen LogP contribution in [0.25, 0.3) is 0 Å². The number of hydrogen-bond acceptors (Lipinski definition) is 4. The van der Waals surface area contributed by atoms with Crippen LogP contribution in [0.1, 0.15) is 88.8 Å². The molecule has 7 nitrogen and oxygen atoms in total. The van der Waals surface area contributed by atoms with Crippen LogP contribution in [0.4, 0.5) is 5.69 Å². The number of nitrogens with one attached hydrogen (secondary N) is 1. The van der Waals surface area contributed by atoms with E-state index >= 15 is 0 Å². The lowest BCUT2D eigenvalue weighted by atomic mass is 9.48. The van der Waals surface area contributed by atoms with E-state index in [1.807, 2.05) is 64.1 Å². The SMILES string of the molecule is CC[C@H](C(=O)N[C@@H](C)CC)N(Cc1ccc(C)cc1)C(=O)CN(c1ccc(C23CC4CC(CC(C4)C2)C3)cc1)S(C)(=O)=O. The Balaban J connectivity index is 1.40. The molecule has 6 rings (SSSR count). The summed E-state index contributed by atoms with van der Waals surface area (Å²) in [6, 6.07) is 15.1. The number of amides is 2. The van der Waals surface area contributed by atoms with Crippen molar-refractivity contribution in [1.29, 1.82) is 0 Å². The van der Waals surface area contributed by atoms with E-state index < -0.39 is 22.0 Å². The summed E-state index contributed by atoms with van der Waals surface area (Å²) >= 11 is 0. The number of rotatable bonds is 12. The quantitative estimate of drug-likeness (QED) is 0.323. The zero-order chi connectivity index (χ0) is 30.9. The summed E-state index contributed by atoms with van der Waals surface area (Å²) in [5, 5.41) is 3.02. The van der Waals surface area contributed by atoms with Crippen LogP contribution >= 0.6 is 0 Å². The van der Waals surface area contributed by atoms with Crippen molar-refractivity contribution in [2.24, 2.45) is 17.8 Å². The monoisotopic (exact) mass is 607 g/mol. The first kappa shape index (κ1) is 31.6. The lowest BCUT2D eigenvalue weighted by Crippen LogP contribution is -2.53. The summed E-state index contributed by atoms with van der Waals surface area (Å²) in [6.07, 6.45) is 10.1. The molecule has 0 radical (unpaired) electrons. The Labute approximate surface area is 258 Å². The summed E-state index contributed by atoms with van der Waals surface area (Å²) in [6.45, 7) is 7.67. The van der Waals surface area contributed by atoms with E-state index in [0.29, 0.717) is 12.1 Å². The molecular formula is C35H49N3O4S. The summed E-state index contributed by atoms with van der Waals surface area (Å²) in [7, 11) is -3.77. The Hall–Kier alpha value is -2.87. The number of carbonyl (C=O) groups excluding carboxylic acids is 2. The predicted molar refractivity (Wildman–Crippen MR) is 172 cm³/mol. The van der Waals surface area contributed by atoms with Crippen LogP contribution in [-0.2, 0) is 31.6 Å². The van der Waals surface area contributed by atoms with Crippen molar-refractivity contribution < 1.29 is 18.0 Å². The Morgan fingerprint density at radius 3 is 1.95 bits per heavy atom. The van der Waals surface area contributed by atoms with E-state index in [2.05, 4.69) is 17.4 Å². The second-order valence-corrected chi connectivity index (χ2v) is 15.7. The number of nitrogens with zero attached hydrogens (tertiary/aromatic N) is 2.